The van der Waals surface area contributed by atoms with E-state index in [-0.39, 0.29) is 0 Å². The number of fused-ring (bicyclic) bond motifs is 1. The summed E-state index contributed by atoms with van der Waals surface area (Å²) in [5.41, 5.74) is 7.63. The van der Waals surface area contributed by atoms with Gasteiger partial charge < -0.3 is 20.1 Å². The molecule has 0 radical (unpaired) electrons. The van der Waals surface area contributed by atoms with Crippen molar-refractivity contribution in [2.45, 2.75) is 6.42 Å². The molecule has 0 bridgehead atoms. The van der Waals surface area contributed by atoms with E-state index in [1.165, 1.54) is 0 Å². The van der Waals surface area contributed by atoms with Gasteiger partial charge in [0.1, 0.15) is 18.1 Å². The number of hydrogen-bond donors (Lipinski definition) is 1. The van der Waals surface area contributed by atoms with Gasteiger partial charge in [-0.1, -0.05) is 11.6 Å². The Bertz CT molecular complexity index is 631. The number of nitrogens with two attached hydrogens (primary N) is 1. The molecule has 0 atom stereocenters. The van der Waals surface area contributed by atoms with E-state index < -0.39 is 0 Å². The second-order valence-corrected chi connectivity index (χ2v) is 5.66. The molecule has 5 heteroatoms. The largest absolute Gasteiger partial charge is 0.494 e. The number of halogens is 1. The maximum atomic E-state index is 5.85. The third kappa shape index (κ3) is 3.57. The number of anilines is 2. The highest BCUT2D eigenvalue weighted by molar-refractivity contribution is 6.30. The Hall–Kier alpha value is -2.07. The van der Waals surface area contributed by atoms with E-state index in [1.807, 2.05) is 42.5 Å². The van der Waals surface area contributed by atoms with Crippen LogP contribution in [0.4, 0.5) is 11.4 Å². The van der Waals surface area contributed by atoms with Crippen LogP contribution in [0.2, 0.25) is 5.02 Å². The fourth-order valence-corrected chi connectivity index (χ4v) is 2.63. The molecule has 2 N–H and O–H groups in total. The van der Waals surface area contributed by atoms with Gasteiger partial charge in [0.05, 0.1) is 18.8 Å². The second-order valence-electron chi connectivity index (χ2n) is 5.22. The number of hydrogen-bond acceptors (Lipinski definition) is 4. The average molecular weight is 319 g/mol. The van der Waals surface area contributed by atoms with Gasteiger partial charge in [0, 0.05) is 23.3 Å². The third-order valence-electron chi connectivity index (χ3n) is 3.60. The molecule has 0 saturated heterocycles. The van der Waals surface area contributed by atoms with Crippen LogP contribution < -0.4 is 20.1 Å². The Morgan fingerprint density at radius 1 is 1.18 bits per heavy atom. The van der Waals surface area contributed by atoms with Gasteiger partial charge in [-0.2, -0.15) is 0 Å². The van der Waals surface area contributed by atoms with Crippen LogP contribution in [0, 0.1) is 0 Å². The van der Waals surface area contributed by atoms with Crippen LogP contribution in [0.1, 0.15) is 6.42 Å². The van der Waals surface area contributed by atoms with Crippen molar-refractivity contribution in [2.24, 2.45) is 0 Å². The van der Waals surface area contributed by atoms with Gasteiger partial charge in [-0.3, -0.25) is 0 Å². The fourth-order valence-electron chi connectivity index (χ4n) is 2.50. The SMILES string of the molecule is Nc1ccc2c(c1)OCCN2CCCOc1ccc(Cl)cc1. The van der Waals surface area contributed by atoms with Crippen LogP contribution in [0.3, 0.4) is 0 Å². The van der Waals surface area contributed by atoms with Crippen molar-refractivity contribution in [3.05, 3.63) is 47.5 Å². The highest BCUT2D eigenvalue weighted by Crippen LogP contribution is 2.33. The molecule has 1 aliphatic heterocycles. The van der Waals surface area contributed by atoms with Crippen LogP contribution in [0.15, 0.2) is 42.5 Å². The lowest BCUT2D eigenvalue weighted by atomic mass is 10.2. The van der Waals surface area contributed by atoms with Crippen molar-refractivity contribution < 1.29 is 9.47 Å². The summed E-state index contributed by atoms with van der Waals surface area (Å²) in [6, 6.07) is 13.2. The molecule has 0 aliphatic carbocycles. The van der Waals surface area contributed by atoms with Gasteiger partial charge >= 0.3 is 0 Å². The van der Waals surface area contributed by atoms with E-state index in [9.17, 15) is 0 Å². The first kappa shape index (κ1) is 14.9. The molecule has 2 aromatic rings. The van der Waals surface area contributed by atoms with Crippen LogP contribution in [0.5, 0.6) is 11.5 Å². The quantitative estimate of drug-likeness (QED) is 0.676. The lowest BCUT2D eigenvalue weighted by Gasteiger charge is -2.31. The summed E-state index contributed by atoms with van der Waals surface area (Å²) < 4.78 is 11.4. The highest BCUT2D eigenvalue weighted by Gasteiger charge is 2.17. The van der Waals surface area contributed by atoms with E-state index >= 15 is 0 Å². The van der Waals surface area contributed by atoms with E-state index in [2.05, 4.69) is 4.90 Å². The summed E-state index contributed by atoms with van der Waals surface area (Å²) in [7, 11) is 0. The van der Waals surface area contributed by atoms with Gasteiger partial charge in [0.25, 0.3) is 0 Å². The van der Waals surface area contributed by atoms with Crippen molar-refractivity contribution in [3.8, 4) is 11.5 Å². The molecule has 0 amide bonds. The molecule has 3 rings (SSSR count). The molecule has 22 heavy (non-hydrogen) atoms. The molecular weight excluding hydrogens is 300 g/mol. The van der Waals surface area contributed by atoms with Crippen molar-refractivity contribution in [1.82, 2.24) is 0 Å². The summed E-state index contributed by atoms with van der Waals surface area (Å²) in [5.74, 6) is 1.71. The fraction of sp³-hybridized carbons (Fsp3) is 0.294. The number of ether oxygens (including phenoxy) is 2. The van der Waals surface area contributed by atoms with Gasteiger partial charge in [0.15, 0.2) is 0 Å². The summed E-state index contributed by atoms with van der Waals surface area (Å²) in [6.07, 6.45) is 0.937. The lowest BCUT2D eigenvalue weighted by molar-refractivity contribution is 0.293. The number of nitrogen functional groups attached to an aromatic ring is 1. The normalized spacial score (nSPS) is 13.4. The Morgan fingerprint density at radius 2 is 2.00 bits per heavy atom. The highest BCUT2D eigenvalue weighted by atomic mass is 35.5. The zero-order valence-electron chi connectivity index (χ0n) is 12.3. The summed E-state index contributed by atoms with van der Waals surface area (Å²) in [4.78, 5) is 2.31. The van der Waals surface area contributed by atoms with E-state index in [4.69, 9.17) is 26.8 Å². The van der Waals surface area contributed by atoms with Crippen LogP contribution >= 0.6 is 11.6 Å². The number of benzene rings is 2. The molecule has 1 heterocycles. The lowest BCUT2D eigenvalue weighted by Crippen LogP contribution is -2.34. The third-order valence-corrected chi connectivity index (χ3v) is 3.85. The van der Waals surface area contributed by atoms with Crippen molar-refractivity contribution in [1.29, 1.82) is 0 Å². The predicted octanol–water partition coefficient (Wildman–Crippen LogP) is 3.59. The standard InChI is InChI=1S/C17H19ClN2O2/c18-13-2-5-15(6-3-13)21-10-1-8-20-9-11-22-17-12-14(19)4-7-16(17)20/h2-7,12H,1,8-11,19H2. The maximum Gasteiger partial charge on any atom is 0.144 e. The molecular formula is C17H19ClN2O2. The van der Waals surface area contributed by atoms with Gasteiger partial charge in [-0.25, -0.2) is 0 Å². The molecule has 116 valence electrons. The zero-order valence-corrected chi connectivity index (χ0v) is 13.1. The van der Waals surface area contributed by atoms with Gasteiger partial charge in [0.2, 0.25) is 0 Å². The number of nitrogens with zero attached hydrogens (tertiary/aromatic N) is 1. The molecule has 0 fully saturated rings. The van der Waals surface area contributed by atoms with Crippen LogP contribution in [0.25, 0.3) is 0 Å². The topological polar surface area (TPSA) is 47.7 Å². The summed E-state index contributed by atoms with van der Waals surface area (Å²) in [6.45, 7) is 3.17. The Morgan fingerprint density at radius 3 is 2.82 bits per heavy atom. The van der Waals surface area contributed by atoms with Gasteiger partial charge in [-0.15, -0.1) is 0 Å². The van der Waals surface area contributed by atoms with E-state index in [1.54, 1.807) is 0 Å². The maximum absolute atomic E-state index is 5.85. The molecule has 1 aliphatic rings. The minimum atomic E-state index is 0.670. The molecule has 0 saturated carbocycles. The van der Waals surface area contributed by atoms with Crippen LogP contribution in [-0.4, -0.2) is 26.3 Å². The smallest absolute Gasteiger partial charge is 0.144 e. The Labute approximate surface area is 135 Å². The molecule has 0 spiro atoms. The molecule has 2 aromatic carbocycles. The second kappa shape index (κ2) is 6.79. The first-order chi connectivity index (χ1) is 10.7. The first-order valence-electron chi connectivity index (χ1n) is 7.38. The molecule has 0 unspecified atom stereocenters. The molecule has 0 aromatic heterocycles. The summed E-state index contributed by atoms with van der Waals surface area (Å²) in [5, 5.41) is 0.719. The average Bonchev–Trinajstić information content (AvgIpc) is 2.53. The minimum Gasteiger partial charge on any atom is -0.494 e. The summed E-state index contributed by atoms with van der Waals surface area (Å²) >= 11 is 5.85. The van der Waals surface area contributed by atoms with Gasteiger partial charge in [-0.05, 0) is 42.8 Å². The minimum absolute atomic E-state index is 0.670. The Balaban J connectivity index is 1.51. The molecule has 4 nitrogen and oxygen atoms in total. The van der Waals surface area contributed by atoms with Crippen LogP contribution in [-0.2, 0) is 0 Å². The van der Waals surface area contributed by atoms with E-state index in [0.717, 1.165) is 47.4 Å². The van der Waals surface area contributed by atoms with Crippen molar-refractivity contribution >= 4 is 23.0 Å². The first-order valence-corrected chi connectivity index (χ1v) is 7.76. The van der Waals surface area contributed by atoms with E-state index in [0.29, 0.717) is 13.2 Å². The predicted molar refractivity (Wildman–Crippen MR) is 90.1 cm³/mol. The van der Waals surface area contributed by atoms with Crippen molar-refractivity contribution in [2.75, 3.05) is 36.9 Å². The zero-order chi connectivity index (χ0) is 15.4. The Kier molecular flexibility index (Phi) is 4.59. The van der Waals surface area contributed by atoms with Crippen molar-refractivity contribution in [3.63, 3.8) is 0 Å². The number of rotatable bonds is 5. The monoisotopic (exact) mass is 318 g/mol.